The Kier molecular flexibility index (Phi) is 6.53. The van der Waals surface area contributed by atoms with Gasteiger partial charge in [-0.15, -0.1) is 0 Å². The van der Waals surface area contributed by atoms with Gasteiger partial charge in [0.15, 0.2) is 16.6 Å². The SMILES string of the molecule is COc1cccc([C@@H]2CC(c3ccc(Br)cc3)=NN2C(=S)Nc2ccccc2)c1OC. The number of para-hydroxylation sites is 2. The van der Waals surface area contributed by atoms with Gasteiger partial charge in [-0.3, -0.25) is 0 Å². The molecular weight excluding hydrogens is 474 g/mol. The lowest BCUT2D eigenvalue weighted by molar-refractivity contribution is 0.327. The van der Waals surface area contributed by atoms with Crippen LogP contribution in [-0.2, 0) is 0 Å². The molecule has 1 aliphatic heterocycles. The van der Waals surface area contributed by atoms with Gasteiger partial charge in [-0.25, -0.2) is 5.01 Å². The lowest BCUT2D eigenvalue weighted by atomic mass is 9.97. The Morgan fingerprint density at radius 2 is 1.74 bits per heavy atom. The van der Waals surface area contributed by atoms with Crippen molar-refractivity contribution in [1.82, 2.24) is 5.01 Å². The fourth-order valence-corrected chi connectivity index (χ4v) is 4.18. The molecule has 4 rings (SSSR count). The first kappa shape index (κ1) is 21.3. The third-order valence-corrected chi connectivity index (χ3v) is 5.93. The molecule has 0 aliphatic carbocycles. The maximum absolute atomic E-state index is 5.77. The Morgan fingerprint density at radius 1 is 1.00 bits per heavy atom. The smallest absolute Gasteiger partial charge is 0.194 e. The zero-order valence-electron chi connectivity index (χ0n) is 17.2. The molecule has 0 saturated carbocycles. The molecule has 3 aromatic rings. The Bertz CT molecular complexity index is 1100. The van der Waals surface area contributed by atoms with E-state index in [1.54, 1.807) is 14.2 Å². The lowest BCUT2D eigenvalue weighted by Crippen LogP contribution is -2.31. The molecule has 0 spiro atoms. The van der Waals surface area contributed by atoms with Gasteiger partial charge in [0, 0.05) is 22.1 Å². The van der Waals surface area contributed by atoms with E-state index in [1.807, 2.05) is 65.7 Å². The molecule has 0 saturated heterocycles. The number of hydrogen-bond acceptors (Lipinski definition) is 4. The number of nitrogens with one attached hydrogen (secondary N) is 1. The van der Waals surface area contributed by atoms with Gasteiger partial charge in [-0.2, -0.15) is 5.10 Å². The van der Waals surface area contributed by atoms with Crippen LogP contribution < -0.4 is 14.8 Å². The molecule has 1 N–H and O–H groups in total. The van der Waals surface area contributed by atoms with Crippen molar-refractivity contribution >= 4 is 44.7 Å². The second-order valence-corrected chi connectivity index (χ2v) is 8.30. The average molecular weight is 496 g/mol. The molecule has 1 atom stereocenters. The Labute approximate surface area is 195 Å². The lowest BCUT2D eigenvalue weighted by Gasteiger charge is -2.26. The van der Waals surface area contributed by atoms with Crippen molar-refractivity contribution in [2.75, 3.05) is 19.5 Å². The zero-order valence-corrected chi connectivity index (χ0v) is 19.6. The number of nitrogens with zero attached hydrogens (tertiary/aromatic N) is 2. The average Bonchev–Trinajstić information content (AvgIpc) is 3.25. The van der Waals surface area contributed by atoms with Crippen molar-refractivity contribution in [3.63, 3.8) is 0 Å². The van der Waals surface area contributed by atoms with Crippen LogP contribution in [0.25, 0.3) is 0 Å². The van der Waals surface area contributed by atoms with Gasteiger partial charge >= 0.3 is 0 Å². The van der Waals surface area contributed by atoms with E-state index in [2.05, 4.69) is 33.4 Å². The monoisotopic (exact) mass is 495 g/mol. The second kappa shape index (κ2) is 9.49. The van der Waals surface area contributed by atoms with Crippen molar-refractivity contribution < 1.29 is 9.47 Å². The van der Waals surface area contributed by atoms with Crippen LogP contribution in [0.5, 0.6) is 11.5 Å². The van der Waals surface area contributed by atoms with Crippen LogP contribution in [0.2, 0.25) is 0 Å². The molecule has 0 aromatic heterocycles. The summed E-state index contributed by atoms with van der Waals surface area (Å²) in [5.41, 5.74) is 3.89. The van der Waals surface area contributed by atoms with E-state index < -0.39 is 0 Å². The van der Waals surface area contributed by atoms with E-state index >= 15 is 0 Å². The van der Waals surface area contributed by atoms with E-state index in [-0.39, 0.29) is 6.04 Å². The molecule has 0 fully saturated rings. The fraction of sp³-hybridized carbons (Fsp3) is 0.167. The highest BCUT2D eigenvalue weighted by molar-refractivity contribution is 9.10. The standard InChI is InChI=1S/C24H22BrN3O2S/c1-29-22-10-6-9-19(23(22)30-2)21-15-20(16-11-13-17(25)14-12-16)27-28(21)24(31)26-18-7-4-3-5-8-18/h3-14,21H,15H2,1-2H3,(H,26,31)/t21-/m0/s1. The minimum atomic E-state index is -0.132. The summed E-state index contributed by atoms with van der Waals surface area (Å²) >= 11 is 9.26. The minimum absolute atomic E-state index is 0.132. The number of benzene rings is 3. The molecule has 5 nitrogen and oxygen atoms in total. The second-order valence-electron chi connectivity index (χ2n) is 7.00. The fourth-order valence-electron chi connectivity index (χ4n) is 3.63. The van der Waals surface area contributed by atoms with Crippen LogP contribution in [0.15, 0.2) is 82.4 Å². The number of hydrogen-bond donors (Lipinski definition) is 1. The van der Waals surface area contributed by atoms with E-state index in [9.17, 15) is 0 Å². The summed E-state index contributed by atoms with van der Waals surface area (Å²) in [5, 5.41) is 10.6. The van der Waals surface area contributed by atoms with Gasteiger partial charge in [-0.05, 0) is 48.1 Å². The van der Waals surface area contributed by atoms with E-state index in [4.69, 9.17) is 26.8 Å². The highest BCUT2D eigenvalue weighted by Crippen LogP contribution is 2.42. The summed E-state index contributed by atoms with van der Waals surface area (Å²) < 4.78 is 12.3. The predicted octanol–water partition coefficient (Wildman–Crippen LogP) is 6.01. The summed E-state index contributed by atoms with van der Waals surface area (Å²) in [6.07, 6.45) is 0.682. The molecule has 7 heteroatoms. The van der Waals surface area contributed by atoms with E-state index in [0.29, 0.717) is 23.0 Å². The Hall–Kier alpha value is -2.90. The third-order valence-electron chi connectivity index (χ3n) is 5.11. The van der Waals surface area contributed by atoms with Crippen molar-refractivity contribution in [3.05, 3.63) is 88.4 Å². The summed E-state index contributed by atoms with van der Waals surface area (Å²) in [4.78, 5) is 0. The number of halogens is 1. The van der Waals surface area contributed by atoms with Crippen LogP contribution in [0.4, 0.5) is 5.69 Å². The van der Waals surface area contributed by atoms with E-state index in [0.717, 1.165) is 27.0 Å². The van der Waals surface area contributed by atoms with Crippen LogP contribution in [0.1, 0.15) is 23.6 Å². The minimum Gasteiger partial charge on any atom is -0.493 e. The molecule has 1 aliphatic rings. The largest absolute Gasteiger partial charge is 0.493 e. The molecule has 31 heavy (non-hydrogen) atoms. The first-order valence-corrected chi connectivity index (χ1v) is 11.0. The number of thiocarbonyl (C=S) groups is 1. The topological polar surface area (TPSA) is 46.1 Å². The third kappa shape index (κ3) is 4.57. The Balaban J connectivity index is 1.72. The molecular formula is C24H22BrN3O2S. The van der Waals surface area contributed by atoms with E-state index in [1.165, 1.54) is 0 Å². The number of methoxy groups -OCH3 is 2. The number of hydrazone groups is 1. The highest BCUT2D eigenvalue weighted by Gasteiger charge is 2.34. The van der Waals surface area contributed by atoms with Crippen LogP contribution in [-0.4, -0.2) is 30.1 Å². The number of ether oxygens (including phenoxy) is 2. The van der Waals surface area contributed by atoms with Crippen molar-refractivity contribution in [3.8, 4) is 11.5 Å². The van der Waals surface area contributed by atoms with Crippen LogP contribution >= 0.6 is 28.1 Å². The normalized spacial score (nSPS) is 15.4. The van der Waals surface area contributed by atoms with Crippen LogP contribution in [0, 0.1) is 0 Å². The molecule has 0 bridgehead atoms. The first-order valence-electron chi connectivity index (χ1n) is 9.80. The van der Waals surface area contributed by atoms with Crippen molar-refractivity contribution in [1.29, 1.82) is 0 Å². The molecule has 0 radical (unpaired) electrons. The summed E-state index contributed by atoms with van der Waals surface area (Å²) in [5.74, 6) is 1.37. The van der Waals surface area contributed by atoms with Crippen molar-refractivity contribution in [2.45, 2.75) is 12.5 Å². The maximum Gasteiger partial charge on any atom is 0.194 e. The highest BCUT2D eigenvalue weighted by atomic mass is 79.9. The summed E-state index contributed by atoms with van der Waals surface area (Å²) in [6, 6.07) is 23.7. The summed E-state index contributed by atoms with van der Waals surface area (Å²) in [6.45, 7) is 0. The molecule has 0 unspecified atom stereocenters. The quantitative estimate of drug-likeness (QED) is 0.438. The maximum atomic E-state index is 5.77. The number of anilines is 1. The van der Waals surface area contributed by atoms with Gasteiger partial charge in [-0.1, -0.05) is 58.4 Å². The predicted molar refractivity (Wildman–Crippen MR) is 132 cm³/mol. The molecule has 158 valence electrons. The molecule has 0 amide bonds. The molecule has 3 aromatic carbocycles. The summed E-state index contributed by atoms with van der Waals surface area (Å²) in [7, 11) is 3.29. The van der Waals surface area contributed by atoms with Gasteiger partial charge < -0.3 is 14.8 Å². The molecule has 1 heterocycles. The van der Waals surface area contributed by atoms with Crippen LogP contribution in [0.3, 0.4) is 0 Å². The van der Waals surface area contributed by atoms with Crippen molar-refractivity contribution in [2.24, 2.45) is 5.10 Å². The first-order chi connectivity index (χ1) is 15.1. The van der Waals surface area contributed by atoms with Gasteiger partial charge in [0.25, 0.3) is 0 Å². The number of rotatable bonds is 5. The van der Waals surface area contributed by atoms with Gasteiger partial charge in [0.2, 0.25) is 0 Å². The Morgan fingerprint density at radius 3 is 2.42 bits per heavy atom. The van der Waals surface area contributed by atoms with Gasteiger partial charge in [0.1, 0.15) is 0 Å². The van der Waals surface area contributed by atoms with Gasteiger partial charge in [0.05, 0.1) is 26.0 Å². The zero-order chi connectivity index (χ0) is 21.8.